The van der Waals surface area contributed by atoms with Crippen molar-refractivity contribution in [2.24, 2.45) is 4.99 Å². The van der Waals surface area contributed by atoms with Crippen LogP contribution in [0.3, 0.4) is 0 Å². The van der Waals surface area contributed by atoms with Crippen molar-refractivity contribution in [3.05, 3.63) is 47.0 Å². The topological polar surface area (TPSA) is 32.7 Å². The van der Waals surface area contributed by atoms with Gasteiger partial charge in [-0.05, 0) is 63.7 Å². The van der Waals surface area contributed by atoms with Crippen LogP contribution >= 0.6 is 0 Å². The Balaban J connectivity index is 2.28. The molecule has 136 valence electrons. The molecule has 3 heteroatoms. The SMILES string of the molecule is CC/C(C)=C/C(=NC)[C@@H]1CCCCN1C(=O)C(C)c1ccccc1C. The van der Waals surface area contributed by atoms with Crippen molar-refractivity contribution in [2.45, 2.75) is 65.3 Å². The van der Waals surface area contributed by atoms with E-state index in [4.69, 9.17) is 0 Å². The summed E-state index contributed by atoms with van der Waals surface area (Å²) >= 11 is 0. The fraction of sp³-hybridized carbons (Fsp3) is 0.545. The van der Waals surface area contributed by atoms with Crippen LogP contribution in [0.5, 0.6) is 0 Å². The van der Waals surface area contributed by atoms with Crippen LogP contribution in [0.25, 0.3) is 0 Å². The Bertz CT molecular complexity index is 660. The first-order chi connectivity index (χ1) is 12.0. The third kappa shape index (κ3) is 4.59. The summed E-state index contributed by atoms with van der Waals surface area (Å²) in [4.78, 5) is 19.9. The van der Waals surface area contributed by atoms with Gasteiger partial charge in [-0.3, -0.25) is 9.79 Å². The summed E-state index contributed by atoms with van der Waals surface area (Å²) < 4.78 is 0. The Morgan fingerprint density at radius 3 is 2.72 bits per heavy atom. The van der Waals surface area contributed by atoms with E-state index in [1.807, 2.05) is 26.1 Å². The lowest BCUT2D eigenvalue weighted by atomic mass is 9.91. The van der Waals surface area contributed by atoms with Crippen LogP contribution in [0, 0.1) is 6.92 Å². The number of nitrogens with zero attached hydrogens (tertiary/aromatic N) is 2. The zero-order valence-corrected chi connectivity index (χ0v) is 16.4. The maximum absolute atomic E-state index is 13.3. The highest BCUT2D eigenvalue weighted by Crippen LogP contribution is 2.27. The molecule has 1 amide bonds. The first-order valence-corrected chi connectivity index (χ1v) is 9.49. The van der Waals surface area contributed by atoms with E-state index in [-0.39, 0.29) is 17.9 Å². The molecule has 1 fully saturated rings. The highest BCUT2D eigenvalue weighted by Gasteiger charge is 2.32. The fourth-order valence-electron chi connectivity index (χ4n) is 3.62. The number of carbonyl (C=O) groups excluding carboxylic acids is 1. The van der Waals surface area contributed by atoms with Gasteiger partial charge in [0.1, 0.15) is 0 Å². The number of rotatable bonds is 5. The molecule has 3 nitrogen and oxygen atoms in total. The van der Waals surface area contributed by atoms with Gasteiger partial charge in [0.25, 0.3) is 0 Å². The molecule has 0 aromatic heterocycles. The van der Waals surface area contributed by atoms with Gasteiger partial charge in [-0.2, -0.15) is 0 Å². The van der Waals surface area contributed by atoms with E-state index >= 15 is 0 Å². The second-order valence-electron chi connectivity index (χ2n) is 7.11. The maximum atomic E-state index is 13.3. The van der Waals surface area contributed by atoms with Crippen molar-refractivity contribution in [3.63, 3.8) is 0 Å². The lowest BCUT2D eigenvalue weighted by Gasteiger charge is -2.38. The summed E-state index contributed by atoms with van der Waals surface area (Å²) in [6.45, 7) is 9.24. The van der Waals surface area contributed by atoms with Gasteiger partial charge in [-0.15, -0.1) is 0 Å². The van der Waals surface area contributed by atoms with Gasteiger partial charge in [0.05, 0.1) is 17.7 Å². The summed E-state index contributed by atoms with van der Waals surface area (Å²) in [6.07, 6.45) is 6.43. The number of hydrogen-bond acceptors (Lipinski definition) is 2. The van der Waals surface area contributed by atoms with Crippen LogP contribution in [0.2, 0.25) is 0 Å². The van der Waals surface area contributed by atoms with Crippen molar-refractivity contribution in [2.75, 3.05) is 13.6 Å². The number of likely N-dealkylation sites (tertiary alicyclic amines) is 1. The zero-order chi connectivity index (χ0) is 18.4. The fourth-order valence-corrected chi connectivity index (χ4v) is 3.62. The molecule has 1 unspecified atom stereocenters. The van der Waals surface area contributed by atoms with Crippen molar-refractivity contribution < 1.29 is 4.79 Å². The van der Waals surface area contributed by atoms with Gasteiger partial charge in [-0.25, -0.2) is 0 Å². The summed E-state index contributed by atoms with van der Waals surface area (Å²) in [5, 5.41) is 0. The van der Waals surface area contributed by atoms with Crippen LogP contribution in [-0.2, 0) is 4.79 Å². The van der Waals surface area contributed by atoms with E-state index in [1.54, 1.807) is 0 Å². The Hall–Kier alpha value is -1.90. The summed E-state index contributed by atoms with van der Waals surface area (Å²) in [5.74, 6) is 0.110. The number of aliphatic imine (C=N–C) groups is 1. The molecule has 1 aromatic carbocycles. The van der Waals surface area contributed by atoms with E-state index < -0.39 is 0 Å². The van der Waals surface area contributed by atoms with Gasteiger partial charge in [0.2, 0.25) is 5.91 Å². The van der Waals surface area contributed by atoms with E-state index in [2.05, 4.69) is 48.9 Å². The molecule has 1 aliphatic rings. The molecular formula is C22H32N2O. The molecule has 0 N–H and O–H groups in total. The number of aryl methyl sites for hydroxylation is 1. The third-order valence-electron chi connectivity index (χ3n) is 5.36. The molecule has 0 radical (unpaired) electrons. The van der Waals surface area contributed by atoms with Crippen molar-refractivity contribution in [1.29, 1.82) is 0 Å². The Labute approximate surface area is 152 Å². The van der Waals surface area contributed by atoms with Crippen molar-refractivity contribution >= 4 is 11.6 Å². The molecule has 1 aliphatic heterocycles. The number of benzene rings is 1. The quantitative estimate of drug-likeness (QED) is 0.701. The number of piperidine rings is 1. The summed E-state index contributed by atoms with van der Waals surface area (Å²) in [5.41, 5.74) is 4.67. The summed E-state index contributed by atoms with van der Waals surface area (Å²) in [6, 6.07) is 8.32. The number of carbonyl (C=O) groups is 1. The summed E-state index contributed by atoms with van der Waals surface area (Å²) in [7, 11) is 1.84. The van der Waals surface area contributed by atoms with E-state index in [1.165, 1.54) is 11.1 Å². The second-order valence-corrected chi connectivity index (χ2v) is 7.11. The van der Waals surface area contributed by atoms with Crippen LogP contribution in [-0.4, -0.2) is 36.2 Å². The number of amides is 1. The smallest absolute Gasteiger partial charge is 0.230 e. The standard InChI is InChI=1S/C22H32N2O/c1-6-16(2)15-20(23-5)21-13-9-10-14-24(21)22(25)18(4)19-12-8-7-11-17(19)3/h7-8,11-12,15,18,21H,6,9-10,13-14H2,1-5H3/b16-15+,23-20?/t18?,21-/m0/s1. The molecule has 0 saturated carbocycles. The third-order valence-corrected chi connectivity index (χ3v) is 5.36. The molecule has 1 saturated heterocycles. The lowest BCUT2D eigenvalue weighted by Crippen LogP contribution is -2.49. The lowest BCUT2D eigenvalue weighted by molar-refractivity contribution is -0.134. The molecule has 0 aliphatic carbocycles. The van der Waals surface area contributed by atoms with E-state index in [9.17, 15) is 4.79 Å². The Kier molecular flexibility index (Phi) is 6.98. The molecule has 1 heterocycles. The van der Waals surface area contributed by atoms with Gasteiger partial charge in [0, 0.05) is 13.6 Å². The van der Waals surface area contributed by atoms with Crippen LogP contribution in [0.15, 0.2) is 40.9 Å². The molecule has 25 heavy (non-hydrogen) atoms. The van der Waals surface area contributed by atoms with E-state index in [0.29, 0.717) is 0 Å². The predicted molar refractivity (Wildman–Crippen MR) is 106 cm³/mol. The van der Waals surface area contributed by atoms with Gasteiger partial charge in [-0.1, -0.05) is 36.8 Å². The van der Waals surface area contributed by atoms with Gasteiger partial charge < -0.3 is 4.90 Å². The average Bonchev–Trinajstić information content (AvgIpc) is 2.65. The van der Waals surface area contributed by atoms with Gasteiger partial charge >= 0.3 is 0 Å². The first-order valence-electron chi connectivity index (χ1n) is 9.49. The minimum Gasteiger partial charge on any atom is -0.334 e. The largest absolute Gasteiger partial charge is 0.334 e. The minimum absolute atomic E-state index is 0.110. The van der Waals surface area contributed by atoms with Crippen LogP contribution in [0.4, 0.5) is 0 Å². The Morgan fingerprint density at radius 1 is 1.36 bits per heavy atom. The molecule has 0 bridgehead atoms. The highest BCUT2D eigenvalue weighted by atomic mass is 16.2. The first kappa shape index (κ1) is 19.4. The molecular weight excluding hydrogens is 308 g/mol. The van der Waals surface area contributed by atoms with Crippen molar-refractivity contribution in [3.8, 4) is 0 Å². The number of hydrogen-bond donors (Lipinski definition) is 0. The van der Waals surface area contributed by atoms with Crippen molar-refractivity contribution in [1.82, 2.24) is 4.90 Å². The Morgan fingerprint density at radius 2 is 2.08 bits per heavy atom. The second kappa shape index (κ2) is 8.98. The predicted octanol–water partition coefficient (Wildman–Crippen LogP) is 4.91. The highest BCUT2D eigenvalue weighted by molar-refractivity contribution is 6.02. The minimum atomic E-state index is -0.115. The van der Waals surface area contributed by atoms with E-state index in [0.717, 1.165) is 43.5 Å². The normalized spacial score (nSPS) is 20.5. The molecule has 2 rings (SSSR count). The molecule has 1 aromatic rings. The zero-order valence-electron chi connectivity index (χ0n) is 16.4. The maximum Gasteiger partial charge on any atom is 0.230 e. The van der Waals surface area contributed by atoms with Crippen LogP contribution < -0.4 is 0 Å². The molecule has 2 atom stereocenters. The monoisotopic (exact) mass is 340 g/mol. The van der Waals surface area contributed by atoms with Crippen LogP contribution in [0.1, 0.15) is 63.5 Å². The van der Waals surface area contributed by atoms with Gasteiger partial charge in [0.15, 0.2) is 0 Å². The number of allylic oxidation sites excluding steroid dienone is 1. The average molecular weight is 341 g/mol. The molecule has 0 spiro atoms.